The van der Waals surface area contributed by atoms with Crippen LogP contribution in [0, 0.1) is 34.5 Å². The van der Waals surface area contributed by atoms with Gasteiger partial charge in [-0.2, -0.15) is 36.9 Å². The Morgan fingerprint density at radius 1 is 1.11 bits per heavy atom. The van der Waals surface area contributed by atoms with Gasteiger partial charge in [0.25, 0.3) is 0 Å². The Balaban J connectivity index is 3.46. The molecule has 0 radical (unpaired) electrons. The normalized spacial score (nSPS) is 24.7. The predicted octanol–water partition coefficient (Wildman–Crippen LogP) is 2.73. The van der Waals surface area contributed by atoms with Gasteiger partial charge in [0.15, 0.2) is 5.70 Å². The molecule has 3 nitrogen and oxygen atoms in total. The molecule has 0 aromatic carbocycles. The second-order valence-corrected chi connectivity index (χ2v) is 3.32. The van der Waals surface area contributed by atoms with Crippen LogP contribution in [0.15, 0.2) is 16.3 Å². The molecule has 18 heavy (non-hydrogen) atoms. The van der Waals surface area contributed by atoms with E-state index in [1.165, 1.54) is 6.07 Å². The molecule has 0 saturated heterocycles. The first-order valence-corrected chi connectivity index (χ1v) is 4.35. The summed E-state index contributed by atoms with van der Waals surface area (Å²) in [6, 6.07) is 2.03. The molecule has 2 atom stereocenters. The number of nitriles is 2. The highest BCUT2D eigenvalue weighted by atomic mass is 19.4. The van der Waals surface area contributed by atoms with Crippen molar-refractivity contribution in [2.24, 2.45) is 16.8 Å². The van der Waals surface area contributed by atoms with Crippen LogP contribution in [0.3, 0.4) is 0 Å². The van der Waals surface area contributed by atoms with Crippen LogP contribution >= 0.6 is 0 Å². The van der Waals surface area contributed by atoms with Crippen molar-refractivity contribution in [1.82, 2.24) is 0 Å². The Morgan fingerprint density at radius 2 is 1.67 bits per heavy atom. The third-order valence-electron chi connectivity index (χ3n) is 2.18. The smallest absolute Gasteiger partial charge is 0.254 e. The van der Waals surface area contributed by atoms with E-state index in [0.29, 0.717) is 0 Å². The van der Waals surface area contributed by atoms with Gasteiger partial charge in [0.05, 0.1) is 23.6 Å². The van der Waals surface area contributed by atoms with E-state index in [1.807, 2.05) is 0 Å². The first-order chi connectivity index (χ1) is 8.12. The number of hydrogen-bond donors (Lipinski definition) is 0. The van der Waals surface area contributed by atoms with Crippen LogP contribution in [-0.4, -0.2) is 18.6 Å². The fourth-order valence-electron chi connectivity index (χ4n) is 1.46. The zero-order valence-electron chi connectivity index (χ0n) is 8.34. The molecule has 0 bridgehead atoms. The standard InChI is InChI=1S/C9H3F6N3/c10-8(11,12)6-4(1-16)3-18-7(5(6)2-17)9(13,14)15/h3-4,6H. The third-order valence-corrected chi connectivity index (χ3v) is 2.18. The fourth-order valence-corrected chi connectivity index (χ4v) is 1.46. The van der Waals surface area contributed by atoms with Gasteiger partial charge in [-0.3, -0.25) is 4.99 Å². The molecular weight excluding hydrogens is 264 g/mol. The fraction of sp³-hybridized carbons (Fsp3) is 0.444. The van der Waals surface area contributed by atoms with Crippen molar-refractivity contribution >= 4 is 6.21 Å². The van der Waals surface area contributed by atoms with E-state index >= 15 is 0 Å². The summed E-state index contributed by atoms with van der Waals surface area (Å²) in [5, 5.41) is 17.0. The number of alkyl halides is 6. The minimum atomic E-state index is -5.18. The van der Waals surface area contributed by atoms with Crippen molar-refractivity contribution < 1.29 is 26.3 Å². The monoisotopic (exact) mass is 267 g/mol. The van der Waals surface area contributed by atoms with E-state index < -0.39 is 35.5 Å². The highest BCUT2D eigenvalue weighted by Crippen LogP contribution is 2.43. The summed E-state index contributed by atoms with van der Waals surface area (Å²) in [6.45, 7) is 0. The van der Waals surface area contributed by atoms with E-state index in [1.54, 1.807) is 0 Å². The zero-order chi connectivity index (χ0) is 14.1. The maximum atomic E-state index is 12.6. The molecule has 96 valence electrons. The lowest BCUT2D eigenvalue weighted by Gasteiger charge is -2.26. The molecule has 0 fully saturated rings. The van der Waals surface area contributed by atoms with E-state index in [0.717, 1.165) is 6.07 Å². The number of aliphatic imine (C=N–C) groups is 1. The Bertz CT molecular complexity index is 484. The molecular formula is C9H3F6N3. The number of nitrogens with zero attached hydrogens (tertiary/aromatic N) is 3. The van der Waals surface area contributed by atoms with Crippen LogP contribution in [0.2, 0.25) is 0 Å². The number of halogens is 6. The predicted molar refractivity (Wildman–Crippen MR) is 45.8 cm³/mol. The van der Waals surface area contributed by atoms with Crippen LogP contribution in [-0.2, 0) is 0 Å². The molecule has 2 unspecified atom stereocenters. The molecule has 0 N–H and O–H groups in total. The lowest BCUT2D eigenvalue weighted by Crippen LogP contribution is -2.36. The summed E-state index contributed by atoms with van der Waals surface area (Å²) < 4.78 is 75.0. The minimum Gasteiger partial charge on any atom is -0.254 e. The highest BCUT2D eigenvalue weighted by molar-refractivity contribution is 5.70. The lowest BCUT2D eigenvalue weighted by molar-refractivity contribution is -0.168. The molecule has 1 aliphatic rings. The summed E-state index contributed by atoms with van der Waals surface area (Å²) in [5.74, 6) is -4.74. The molecule has 1 aliphatic heterocycles. The van der Waals surface area contributed by atoms with Crippen molar-refractivity contribution in [2.75, 3.05) is 0 Å². The highest BCUT2D eigenvalue weighted by Gasteiger charge is 2.53. The second-order valence-electron chi connectivity index (χ2n) is 3.32. The summed E-state index contributed by atoms with van der Waals surface area (Å²) in [6.07, 6.45) is -10.0. The molecule has 1 heterocycles. The van der Waals surface area contributed by atoms with Gasteiger partial charge in [-0.1, -0.05) is 0 Å². The van der Waals surface area contributed by atoms with Crippen molar-refractivity contribution in [3.05, 3.63) is 11.3 Å². The summed E-state index contributed by atoms with van der Waals surface area (Å²) in [4.78, 5) is 2.75. The van der Waals surface area contributed by atoms with Gasteiger partial charge in [0.2, 0.25) is 0 Å². The van der Waals surface area contributed by atoms with Gasteiger partial charge in [-0.25, -0.2) is 0 Å². The van der Waals surface area contributed by atoms with Crippen molar-refractivity contribution in [3.8, 4) is 12.1 Å². The second kappa shape index (κ2) is 4.33. The summed E-state index contributed by atoms with van der Waals surface area (Å²) >= 11 is 0. The van der Waals surface area contributed by atoms with Crippen molar-refractivity contribution in [1.29, 1.82) is 10.5 Å². The maximum Gasteiger partial charge on any atom is 0.434 e. The van der Waals surface area contributed by atoms with Crippen LogP contribution < -0.4 is 0 Å². The molecule has 0 aromatic rings. The van der Waals surface area contributed by atoms with Crippen LogP contribution in [0.5, 0.6) is 0 Å². The first kappa shape index (κ1) is 14.0. The molecule has 0 aliphatic carbocycles. The van der Waals surface area contributed by atoms with Gasteiger partial charge in [-0.15, -0.1) is 0 Å². The quantitative estimate of drug-likeness (QED) is 0.633. The maximum absolute atomic E-state index is 12.6. The summed E-state index contributed by atoms with van der Waals surface area (Å²) in [7, 11) is 0. The Morgan fingerprint density at radius 3 is 2.00 bits per heavy atom. The SMILES string of the molecule is N#CC1=C(C(F)(F)F)N=CC(C#N)C1C(F)(F)F. The Hall–Kier alpha value is -2.03. The number of hydrogen-bond acceptors (Lipinski definition) is 3. The lowest BCUT2D eigenvalue weighted by atomic mass is 9.84. The molecule has 0 spiro atoms. The van der Waals surface area contributed by atoms with Gasteiger partial charge >= 0.3 is 12.4 Å². The first-order valence-electron chi connectivity index (χ1n) is 4.35. The van der Waals surface area contributed by atoms with Gasteiger partial charge in [-0.05, 0) is 0 Å². The molecule has 9 heteroatoms. The average molecular weight is 267 g/mol. The number of rotatable bonds is 0. The molecule has 0 amide bonds. The average Bonchev–Trinajstić information content (AvgIpc) is 2.24. The minimum absolute atomic E-state index is 0.266. The van der Waals surface area contributed by atoms with E-state index in [4.69, 9.17) is 10.5 Å². The van der Waals surface area contributed by atoms with Crippen LogP contribution in [0.1, 0.15) is 0 Å². The summed E-state index contributed by atoms with van der Waals surface area (Å²) in [5.41, 5.74) is -3.48. The van der Waals surface area contributed by atoms with Gasteiger partial charge < -0.3 is 0 Å². The van der Waals surface area contributed by atoms with Gasteiger partial charge in [0.1, 0.15) is 5.92 Å². The Kier molecular flexibility index (Phi) is 3.38. The van der Waals surface area contributed by atoms with Gasteiger partial charge in [0, 0.05) is 6.21 Å². The molecule has 1 rings (SSSR count). The number of allylic oxidation sites excluding steroid dienone is 2. The van der Waals surface area contributed by atoms with E-state index in [2.05, 4.69) is 4.99 Å². The third kappa shape index (κ3) is 2.45. The van der Waals surface area contributed by atoms with Crippen molar-refractivity contribution in [2.45, 2.75) is 12.4 Å². The zero-order valence-corrected chi connectivity index (χ0v) is 8.34. The van der Waals surface area contributed by atoms with E-state index in [-0.39, 0.29) is 6.21 Å². The Labute approximate surface area is 96.6 Å². The topological polar surface area (TPSA) is 59.9 Å². The molecule has 0 saturated carbocycles. The largest absolute Gasteiger partial charge is 0.434 e. The van der Waals surface area contributed by atoms with E-state index in [9.17, 15) is 26.3 Å². The van der Waals surface area contributed by atoms with Crippen molar-refractivity contribution in [3.63, 3.8) is 0 Å². The van der Waals surface area contributed by atoms with Crippen LogP contribution in [0.25, 0.3) is 0 Å². The molecule has 0 aromatic heterocycles. The van der Waals surface area contributed by atoms with Crippen LogP contribution in [0.4, 0.5) is 26.3 Å².